The summed E-state index contributed by atoms with van der Waals surface area (Å²) in [6, 6.07) is 4.79. The highest BCUT2D eigenvalue weighted by Crippen LogP contribution is 2.23. The lowest BCUT2D eigenvalue weighted by atomic mass is 10.2. The number of aromatic nitrogens is 4. The highest BCUT2D eigenvalue weighted by molar-refractivity contribution is 6.34. The maximum absolute atomic E-state index is 11.2. The zero-order chi connectivity index (χ0) is 12.4. The van der Waals surface area contributed by atoms with Crippen LogP contribution in [0.5, 0.6) is 0 Å². The summed E-state index contributed by atoms with van der Waals surface area (Å²) >= 11 is 5.87. The zero-order valence-electron chi connectivity index (χ0n) is 8.96. The van der Waals surface area contributed by atoms with Crippen molar-refractivity contribution in [2.75, 3.05) is 0 Å². The number of carboxylic acids is 1. The summed E-state index contributed by atoms with van der Waals surface area (Å²) in [5, 5.41) is 20.4. The van der Waals surface area contributed by atoms with Crippen LogP contribution in [-0.4, -0.2) is 31.3 Å². The zero-order valence-corrected chi connectivity index (χ0v) is 9.72. The van der Waals surface area contributed by atoms with E-state index < -0.39 is 5.97 Å². The van der Waals surface area contributed by atoms with E-state index in [4.69, 9.17) is 16.7 Å². The Hall–Kier alpha value is -1.95. The molecule has 1 N–H and O–H groups in total. The van der Waals surface area contributed by atoms with E-state index in [-0.39, 0.29) is 10.6 Å². The Kier molecular flexibility index (Phi) is 3.06. The minimum absolute atomic E-state index is 0.00355. The molecule has 1 heterocycles. The number of nitrogens with zero attached hydrogens (tertiary/aromatic N) is 4. The first-order chi connectivity index (χ1) is 8.15. The van der Waals surface area contributed by atoms with Crippen LogP contribution < -0.4 is 0 Å². The highest BCUT2D eigenvalue weighted by Gasteiger charge is 2.18. The van der Waals surface area contributed by atoms with Gasteiger partial charge in [-0.15, -0.1) is 5.10 Å². The van der Waals surface area contributed by atoms with Crippen molar-refractivity contribution in [1.29, 1.82) is 0 Å². The van der Waals surface area contributed by atoms with Crippen LogP contribution in [0, 0.1) is 0 Å². The van der Waals surface area contributed by atoms with Crippen molar-refractivity contribution in [2.24, 2.45) is 0 Å². The van der Waals surface area contributed by atoms with Crippen LogP contribution in [0.4, 0.5) is 0 Å². The summed E-state index contributed by atoms with van der Waals surface area (Å²) < 4.78 is 1.38. The lowest BCUT2D eigenvalue weighted by molar-refractivity contribution is 0.0697. The van der Waals surface area contributed by atoms with Crippen LogP contribution in [-0.2, 0) is 6.42 Å². The molecule has 6 nitrogen and oxygen atoms in total. The van der Waals surface area contributed by atoms with Gasteiger partial charge in [-0.2, -0.15) is 4.68 Å². The van der Waals surface area contributed by atoms with Crippen LogP contribution in [0.25, 0.3) is 5.69 Å². The summed E-state index contributed by atoms with van der Waals surface area (Å²) in [4.78, 5) is 11.2. The van der Waals surface area contributed by atoms with Crippen LogP contribution in [0.3, 0.4) is 0 Å². The van der Waals surface area contributed by atoms with Crippen LogP contribution >= 0.6 is 11.6 Å². The Bertz CT molecular complexity index is 567. The minimum atomic E-state index is -1.11. The van der Waals surface area contributed by atoms with Crippen LogP contribution in [0.1, 0.15) is 23.1 Å². The van der Waals surface area contributed by atoms with Gasteiger partial charge < -0.3 is 5.11 Å². The molecule has 7 heteroatoms. The van der Waals surface area contributed by atoms with Gasteiger partial charge in [0.2, 0.25) is 0 Å². The van der Waals surface area contributed by atoms with E-state index in [0.717, 1.165) is 0 Å². The average molecular weight is 253 g/mol. The Morgan fingerprint density at radius 1 is 1.53 bits per heavy atom. The molecule has 0 aliphatic carbocycles. The van der Waals surface area contributed by atoms with E-state index in [0.29, 0.717) is 17.9 Å². The van der Waals surface area contributed by atoms with Crippen LogP contribution in [0.15, 0.2) is 18.2 Å². The van der Waals surface area contributed by atoms with Gasteiger partial charge >= 0.3 is 5.97 Å². The molecule has 0 saturated heterocycles. The Balaban J connectivity index is 2.67. The molecule has 0 unspecified atom stereocenters. The van der Waals surface area contributed by atoms with Gasteiger partial charge in [0.05, 0.1) is 10.7 Å². The van der Waals surface area contributed by atoms with Gasteiger partial charge in [-0.1, -0.05) is 24.6 Å². The van der Waals surface area contributed by atoms with E-state index in [1.807, 2.05) is 6.92 Å². The van der Waals surface area contributed by atoms with Crippen molar-refractivity contribution in [3.63, 3.8) is 0 Å². The number of hydrogen-bond acceptors (Lipinski definition) is 4. The number of carbonyl (C=O) groups is 1. The number of hydrogen-bond donors (Lipinski definition) is 1. The van der Waals surface area contributed by atoms with E-state index in [1.54, 1.807) is 12.1 Å². The van der Waals surface area contributed by atoms with E-state index in [9.17, 15) is 4.79 Å². The van der Waals surface area contributed by atoms with Crippen molar-refractivity contribution in [2.45, 2.75) is 13.3 Å². The fourth-order valence-corrected chi connectivity index (χ4v) is 1.76. The molecule has 17 heavy (non-hydrogen) atoms. The number of halogens is 1. The van der Waals surface area contributed by atoms with Gasteiger partial charge in [0, 0.05) is 6.42 Å². The first-order valence-corrected chi connectivity index (χ1v) is 5.32. The monoisotopic (exact) mass is 252 g/mol. The van der Waals surface area contributed by atoms with Gasteiger partial charge in [0.15, 0.2) is 5.82 Å². The molecule has 0 fully saturated rings. The molecule has 0 radical (unpaired) electrons. The summed E-state index contributed by atoms with van der Waals surface area (Å²) in [5.74, 6) is -0.530. The predicted molar refractivity (Wildman–Crippen MR) is 60.5 cm³/mol. The Labute approximate surface area is 102 Å². The molecular formula is C10H9ClN4O2. The maximum Gasteiger partial charge on any atom is 0.339 e. The highest BCUT2D eigenvalue weighted by atomic mass is 35.5. The SMILES string of the molecule is CCc1nnnn1-c1cccc(Cl)c1C(=O)O. The summed E-state index contributed by atoms with van der Waals surface area (Å²) in [5.41, 5.74) is 0.364. The molecule has 0 spiro atoms. The van der Waals surface area contributed by atoms with Gasteiger partial charge in [-0.05, 0) is 22.6 Å². The lowest BCUT2D eigenvalue weighted by Crippen LogP contribution is -2.10. The lowest BCUT2D eigenvalue weighted by Gasteiger charge is -2.08. The number of rotatable bonds is 3. The number of carboxylic acid groups (broad SMARTS) is 1. The Morgan fingerprint density at radius 3 is 2.94 bits per heavy atom. The third-order valence-corrected chi connectivity index (χ3v) is 2.60. The summed E-state index contributed by atoms with van der Waals surface area (Å²) in [6.45, 7) is 1.88. The molecule has 2 rings (SSSR count). The second-order valence-electron chi connectivity index (χ2n) is 3.30. The predicted octanol–water partition coefficient (Wildman–Crippen LogP) is 1.58. The first kappa shape index (κ1) is 11.5. The van der Waals surface area contributed by atoms with Crippen molar-refractivity contribution in [1.82, 2.24) is 20.2 Å². The van der Waals surface area contributed by atoms with Crippen molar-refractivity contribution in [3.05, 3.63) is 34.6 Å². The number of aromatic carboxylic acids is 1. The topological polar surface area (TPSA) is 80.9 Å². The normalized spacial score (nSPS) is 10.5. The van der Waals surface area contributed by atoms with E-state index in [1.165, 1.54) is 10.7 Å². The summed E-state index contributed by atoms with van der Waals surface area (Å²) in [7, 11) is 0. The Morgan fingerprint density at radius 2 is 2.29 bits per heavy atom. The molecule has 0 aliphatic heterocycles. The van der Waals surface area contributed by atoms with E-state index in [2.05, 4.69) is 15.5 Å². The fraction of sp³-hybridized carbons (Fsp3) is 0.200. The first-order valence-electron chi connectivity index (χ1n) is 4.94. The number of benzene rings is 1. The second-order valence-corrected chi connectivity index (χ2v) is 3.71. The molecular weight excluding hydrogens is 244 g/mol. The van der Waals surface area contributed by atoms with Crippen LogP contribution in [0.2, 0.25) is 5.02 Å². The molecule has 0 amide bonds. The van der Waals surface area contributed by atoms with E-state index >= 15 is 0 Å². The molecule has 1 aromatic carbocycles. The molecule has 1 aromatic heterocycles. The molecule has 0 saturated carbocycles. The number of aryl methyl sites for hydroxylation is 1. The van der Waals surface area contributed by atoms with Crippen molar-refractivity contribution in [3.8, 4) is 5.69 Å². The third kappa shape index (κ3) is 1.99. The standard InChI is InChI=1S/C10H9ClN4O2/c1-2-8-12-13-14-15(8)7-5-3-4-6(11)9(7)10(16)17/h3-5H,2H2,1H3,(H,16,17). The van der Waals surface area contributed by atoms with Gasteiger partial charge in [0.25, 0.3) is 0 Å². The van der Waals surface area contributed by atoms with Crippen molar-refractivity contribution < 1.29 is 9.90 Å². The molecule has 0 atom stereocenters. The smallest absolute Gasteiger partial charge is 0.339 e. The summed E-state index contributed by atoms with van der Waals surface area (Å²) in [6.07, 6.45) is 0.596. The fourth-order valence-electron chi connectivity index (χ4n) is 1.51. The largest absolute Gasteiger partial charge is 0.478 e. The molecule has 0 bridgehead atoms. The maximum atomic E-state index is 11.2. The van der Waals surface area contributed by atoms with Gasteiger partial charge in [0.1, 0.15) is 5.56 Å². The molecule has 0 aliphatic rings. The molecule has 2 aromatic rings. The second kappa shape index (κ2) is 4.50. The number of tetrazole rings is 1. The van der Waals surface area contributed by atoms with Crippen molar-refractivity contribution >= 4 is 17.6 Å². The third-order valence-electron chi connectivity index (χ3n) is 2.28. The molecule has 88 valence electrons. The minimum Gasteiger partial charge on any atom is -0.478 e. The van der Waals surface area contributed by atoms with Gasteiger partial charge in [-0.3, -0.25) is 0 Å². The van der Waals surface area contributed by atoms with Gasteiger partial charge in [-0.25, -0.2) is 4.79 Å². The average Bonchev–Trinajstić information content (AvgIpc) is 2.75. The quantitative estimate of drug-likeness (QED) is 0.897.